The van der Waals surface area contributed by atoms with Crippen LogP contribution in [0.2, 0.25) is 0 Å². The number of aromatic nitrogens is 3. The standard InChI is InChI=1S/C18H24N4O2S/c1-21-17(15-9-5-11-24-15)19-20-18(21)25-12-16(23)22-10-4-7-13-6-2-3-8-14(13)22/h5,9,11,13-14H,2-4,6-8,10,12H2,1H3/t13-,14-/m0/s1. The predicted octanol–water partition coefficient (Wildman–Crippen LogP) is 3.35. The molecule has 2 fully saturated rings. The first-order valence-corrected chi connectivity index (χ1v) is 10.1. The number of furan rings is 1. The van der Waals surface area contributed by atoms with Gasteiger partial charge in [0.15, 0.2) is 16.7 Å². The van der Waals surface area contributed by atoms with Crippen molar-refractivity contribution >= 4 is 17.7 Å². The van der Waals surface area contributed by atoms with Gasteiger partial charge < -0.3 is 13.9 Å². The van der Waals surface area contributed by atoms with Crippen LogP contribution in [0.15, 0.2) is 28.0 Å². The van der Waals surface area contributed by atoms with E-state index in [0.717, 1.165) is 24.0 Å². The van der Waals surface area contributed by atoms with Crippen LogP contribution >= 0.6 is 11.8 Å². The Morgan fingerprint density at radius 1 is 1.28 bits per heavy atom. The molecule has 0 aromatic carbocycles. The number of nitrogens with zero attached hydrogens (tertiary/aromatic N) is 4. The van der Waals surface area contributed by atoms with Crippen LogP contribution in [0.25, 0.3) is 11.6 Å². The molecule has 6 nitrogen and oxygen atoms in total. The van der Waals surface area contributed by atoms with Crippen molar-refractivity contribution in [1.82, 2.24) is 19.7 Å². The largest absolute Gasteiger partial charge is 0.461 e. The summed E-state index contributed by atoms with van der Waals surface area (Å²) in [6.45, 7) is 0.914. The molecule has 1 aliphatic heterocycles. The monoisotopic (exact) mass is 360 g/mol. The van der Waals surface area contributed by atoms with Crippen LogP contribution in [0.1, 0.15) is 38.5 Å². The Balaban J connectivity index is 1.40. The lowest BCUT2D eigenvalue weighted by Crippen LogP contribution is -2.50. The summed E-state index contributed by atoms with van der Waals surface area (Å²) in [6, 6.07) is 4.16. The van der Waals surface area contributed by atoms with Crippen molar-refractivity contribution in [2.45, 2.75) is 49.7 Å². The molecule has 2 aromatic rings. The fraction of sp³-hybridized carbons (Fsp3) is 0.611. The zero-order valence-corrected chi connectivity index (χ0v) is 15.4. The van der Waals surface area contributed by atoms with E-state index >= 15 is 0 Å². The van der Waals surface area contributed by atoms with Crippen LogP contribution in [-0.4, -0.2) is 43.9 Å². The summed E-state index contributed by atoms with van der Waals surface area (Å²) in [5.74, 6) is 2.76. The minimum absolute atomic E-state index is 0.240. The lowest BCUT2D eigenvalue weighted by atomic mass is 9.78. The maximum atomic E-state index is 12.8. The fourth-order valence-electron chi connectivity index (χ4n) is 4.20. The van der Waals surface area contributed by atoms with Gasteiger partial charge in [-0.25, -0.2) is 0 Å². The maximum absolute atomic E-state index is 12.8. The first-order valence-electron chi connectivity index (χ1n) is 9.09. The van der Waals surface area contributed by atoms with Crippen LogP contribution < -0.4 is 0 Å². The van der Waals surface area contributed by atoms with Crippen molar-refractivity contribution in [3.8, 4) is 11.6 Å². The lowest BCUT2D eigenvalue weighted by Gasteiger charge is -2.44. The minimum Gasteiger partial charge on any atom is -0.461 e. The molecule has 134 valence electrons. The smallest absolute Gasteiger partial charge is 0.233 e. The van der Waals surface area contributed by atoms with Crippen LogP contribution in [0.5, 0.6) is 0 Å². The number of hydrogen-bond donors (Lipinski definition) is 0. The molecule has 2 aromatic heterocycles. The molecule has 1 saturated carbocycles. The Bertz CT molecular complexity index is 726. The number of carbonyl (C=O) groups is 1. The Morgan fingerprint density at radius 3 is 2.96 bits per heavy atom. The summed E-state index contributed by atoms with van der Waals surface area (Å²) in [5, 5.41) is 9.15. The molecule has 0 spiro atoms. The number of amides is 1. The van der Waals surface area contributed by atoms with Gasteiger partial charge in [-0.3, -0.25) is 4.79 Å². The predicted molar refractivity (Wildman–Crippen MR) is 96.1 cm³/mol. The Kier molecular flexibility index (Phi) is 4.83. The number of rotatable bonds is 4. The van der Waals surface area contributed by atoms with E-state index in [-0.39, 0.29) is 5.91 Å². The molecule has 7 heteroatoms. The van der Waals surface area contributed by atoms with E-state index in [0.29, 0.717) is 23.4 Å². The van der Waals surface area contributed by atoms with E-state index < -0.39 is 0 Å². The van der Waals surface area contributed by atoms with Crippen LogP contribution in [0.3, 0.4) is 0 Å². The first-order chi connectivity index (χ1) is 12.2. The van der Waals surface area contributed by atoms with Crippen molar-refractivity contribution in [2.24, 2.45) is 13.0 Å². The maximum Gasteiger partial charge on any atom is 0.233 e. The minimum atomic E-state index is 0.240. The first kappa shape index (κ1) is 16.7. The molecule has 2 aliphatic rings. The second kappa shape index (κ2) is 7.23. The van der Waals surface area contributed by atoms with Crippen LogP contribution in [0.4, 0.5) is 0 Å². The molecule has 1 aliphatic carbocycles. The van der Waals surface area contributed by atoms with E-state index in [2.05, 4.69) is 15.1 Å². The molecule has 1 saturated heterocycles. The van der Waals surface area contributed by atoms with Gasteiger partial charge in [0.2, 0.25) is 5.91 Å². The Hall–Kier alpha value is -1.76. The van der Waals surface area contributed by atoms with Crippen molar-refractivity contribution < 1.29 is 9.21 Å². The average molecular weight is 360 g/mol. The zero-order chi connectivity index (χ0) is 17.2. The normalized spacial score (nSPS) is 23.5. The highest BCUT2D eigenvalue weighted by molar-refractivity contribution is 7.99. The summed E-state index contributed by atoms with van der Waals surface area (Å²) < 4.78 is 7.27. The van der Waals surface area contributed by atoms with Crippen LogP contribution in [-0.2, 0) is 11.8 Å². The molecule has 1 amide bonds. The van der Waals surface area contributed by atoms with Crippen LogP contribution in [0, 0.1) is 5.92 Å². The average Bonchev–Trinajstić information content (AvgIpc) is 3.29. The number of fused-ring (bicyclic) bond motifs is 1. The van der Waals surface area contributed by atoms with Gasteiger partial charge in [0.05, 0.1) is 12.0 Å². The third-order valence-electron chi connectivity index (χ3n) is 5.46. The lowest BCUT2D eigenvalue weighted by molar-refractivity contribution is -0.134. The van der Waals surface area contributed by atoms with Gasteiger partial charge >= 0.3 is 0 Å². The Morgan fingerprint density at radius 2 is 2.12 bits per heavy atom. The van der Waals surface area contributed by atoms with Gasteiger partial charge in [-0.15, -0.1) is 10.2 Å². The summed E-state index contributed by atoms with van der Waals surface area (Å²) >= 11 is 1.46. The van der Waals surface area contributed by atoms with Crippen molar-refractivity contribution in [2.75, 3.05) is 12.3 Å². The summed E-state index contributed by atoms with van der Waals surface area (Å²) in [5.41, 5.74) is 0. The Labute approximate surface area is 152 Å². The molecule has 0 bridgehead atoms. The molecule has 0 radical (unpaired) electrons. The summed E-state index contributed by atoms with van der Waals surface area (Å²) in [4.78, 5) is 14.9. The quantitative estimate of drug-likeness (QED) is 0.783. The van der Waals surface area contributed by atoms with Gasteiger partial charge in [0, 0.05) is 19.6 Å². The summed E-state index contributed by atoms with van der Waals surface area (Å²) in [7, 11) is 1.91. The highest BCUT2D eigenvalue weighted by atomic mass is 32.2. The molecule has 0 unspecified atom stereocenters. The molecular weight excluding hydrogens is 336 g/mol. The molecule has 0 N–H and O–H groups in total. The SMILES string of the molecule is Cn1c(SCC(=O)N2CCC[C@@H]3CCCC[C@@H]32)nnc1-c1ccco1. The number of hydrogen-bond acceptors (Lipinski definition) is 5. The van der Waals surface area contributed by atoms with E-state index in [1.54, 1.807) is 6.26 Å². The van der Waals surface area contributed by atoms with E-state index in [1.807, 2.05) is 23.7 Å². The highest BCUT2D eigenvalue weighted by Gasteiger charge is 2.35. The third-order valence-corrected chi connectivity index (χ3v) is 6.47. The van der Waals surface area contributed by atoms with Gasteiger partial charge in [-0.2, -0.15) is 0 Å². The topological polar surface area (TPSA) is 64.2 Å². The zero-order valence-electron chi connectivity index (χ0n) is 14.6. The second-order valence-electron chi connectivity index (χ2n) is 6.97. The summed E-state index contributed by atoms with van der Waals surface area (Å²) in [6.07, 6.45) is 9.10. The number of likely N-dealkylation sites (tertiary alicyclic amines) is 1. The molecule has 3 heterocycles. The highest BCUT2D eigenvalue weighted by Crippen LogP contribution is 2.35. The molecule has 4 rings (SSSR count). The van der Waals surface area contributed by atoms with Crippen molar-refractivity contribution in [3.05, 3.63) is 18.4 Å². The molecule has 25 heavy (non-hydrogen) atoms. The van der Waals surface area contributed by atoms with Gasteiger partial charge in [0.25, 0.3) is 0 Å². The third kappa shape index (κ3) is 3.34. The van der Waals surface area contributed by atoms with Gasteiger partial charge in [-0.05, 0) is 43.7 Å². The number of piperidine rings is 1. The van der Waals surface area contributed by atoms with E-state index in [1.165, 1.54) is 43.9 Å². The van der Waals surface area contributed by atoms with E-state index in [9.17, 15) is 4.79 Å². The number of carbonyl (C=O) groups excluding carboxylic acids is 1. The molecule has 2 atom stereocenters. The van der Waals surface area contributed by atoms with Crippen molar-refractivity contribution in [1.29, 1.82) is 0 Å². The van der Waals surface area contributed by atoms with Crippen molar-refractivity contribution in [3.63, 3.8) is 0 Å². The second-order valence-corrected chi connectivity index (χ2v) is 7.91. The van der Waals surface area contributed by atoms with E-state index in [4.69, 9.17) is 4.42 Å². The molecular formula is C18H24N4O2S. The van der Waals surface area contributed by atoms with Gasteiger partial charge in [0.1, 0.15) is 0 Å². The van der Waals surface area contributed by atoms with Gasteiger partial charge in [-0.1, -0.05) is 24.6 Å². The number of thioether (sulfide) groups is 1. The fourth-order valence-corrected chi connectivity index (χ4v) is 5.00.